The number of hydrogen-bond acceptors (Lipinski definition) is 1. The number of benzene rings is 1. The van der Waals surface area contributed by atoms with Crippen molar-refractivity contribution in [3.05, 3.63) is 35.4 Å². The van der Waals surface area contributed by atoms with Crippen LogP contribution >= 0.6 is 0 Å². The first-order valence-corrected chi connectivity index (χ1v) is 6.84. The van der Waals surface area contributed by atoms with Crippen LogP contribution in [0.4, 0.5) is 0 Å². The molecular formula is C16H23NO. The van der Waals surface area contributed by atoms with Gasteiger partial charge in [-0.1, -0.05) is 45.0 Å². The molecule has 0 radical (unpaired) electrons. The molecule has 1 fully saturated rings. The van der Waals surface area contributed by atoms with Crippen molar-refractivity contribution in [2.45, 2.75) is 45.4 Å². The maximum atomic E-state index is 11.7. The first-order chi connectivity index (χ1) is 8.47. The second kappa shape index (κ2) is 5.13. The lowest BCUT2D eigenvalue weighted by molar-refractivity contribution is -0.126. The minimum absolute atomic E-state index is 0.166. The van der Waals surface area contributed by atoms with Gasteiger partial charge in [0.1, 0.15) is 0 Å². The average Bonchev–Trinajstić information content (AvgIpc) is 2.32. The molecule has 2 rings (SSSR count). The fourth-order valence-electron chi connectivity index (χ4n) is 2.46. The van der Waals surface area contributed by atoms with E-state index in [0.29, 0.717) is 0 Å². The van der Waals surface area contributed by atoms with Crippen molar-refractivity contribution in [3.63, 3.8) is 0 Å². The molecule has 0 spiro atoms. The molecule has 1 saturated heterocycles. The van der Waals surface area contributed by atoms with Gasteiger partial charge in [-0.3, -0.25) is 4.79 Å². The number of piperidine rings is 1. The lowest BCUT2D eigenvalue weighted by atomic mass is 9.85. The predicted molar refractivity (Wildman–Crippen MR) is 74.6 cm³/mol. The number of hydrogen-bond donors (Lipinski definition) is 1. The van der Waals surface area contributed by atoms with E-state index in [1.807, 2.05) is 0 Å². The maximum absolute atomic E-state index is 11.7. The summed E-state index contributed by atoms with van der Waals surface area (Å²) in [5.74, 6) is 0.389. The molecule has 2 heteroatoms. The number of carbonyl (C=O) groups excluding carboxylic acids is 1. The molecule has 1 aromatic rings. The summed E-state index contributed by atoms with van der Waals surface area (Å²) in [5, 5.41) is 2.95. The Balaban J connectivity index is 2.04. The molecule has 1 amide bonds. The molecule has 1 aliphatic rings. The van der Waals surface area contributed by atoms with E-state index in [0.717, 1.165) is 25.8 Å². The van der Waals surface area contributed by atoms with Crippen molar-refractivity contribution in [3.8, 4) is 0 Å². The van der Waals surface area contributed by atoms with Gasteiger partial charge in [-0.25, -0.2) is 0 Å². The molecule has 2 nitrogen and oxygen atoms in total. The third-order valence-corrected chi connectivity index (χ3v) is 3.70. The van der Waals surface area contributed by atoms with Crippen LogP contribution in [0.25, 0.3) is 0 Å². The van der Waals surface area contributed by atoms with E-state index in [4.69, 9.17) is 0 Å². The fraction of sp³-hybridized carbons (Fsp3) is 0.562. The summed E-state index contributed by atoms with van der Waals surface area (Å²) in [6.45, 7) is 7.50. The third-order valence-electron chi connectivity index (χ3n) is 3.70. The summed E-state index contributed by atoms with van der Waals surface area (Å²) < 4.78 is 0. The minimum atomic E-state index is 0.166. The zero-order chi connectivity index (χ0) is 13.2. The fourth-order valence-corrected chi connectivity index (χ4v) is 2.46. The van der Waals surface area contributed by atoms with E-state index in [2.05, 4.69) is 50.4 Å². The Morgan fingerprint density at radius 3 is 2.44 bits per heavy atom. The highest BCUT2D eigenvalue weighted by molar-refractivity contribution is 5.79. The van der Waals surface area contributed by atoms with Crippen molar-refractivity contribution < 1.29 is 4.79 Å². The molecule has 18 heavy (non-hydrogen) atoms. The van der Waals surface area contributed by atoms with Gasteiger partial charge in [0.25, 0.3) is 0 Å². The van der Waals surface area contributed by atoms with Crippen LogP contribution < -0.4 is 5.32 Å². The number of carbonyl (C=O) groups is 1. The van der Waals surface area contributed by atoms with Gasteiger partial charge in [-0.15, -0.1) is 0 Å². The Labute approximate surface area is 110 Å². The van der Waals surface area contributed by atoms with Crippen LogP contribution in [0.2, 0.25) is 0 Å². The largest absolute Gasteiger partial charge is 0.356 e. The van der Waals surface area contributed by atoms with Gasteiger partial charge in [0.2, 0.25) is 5.91 Å². The Bertz CT molecular complexity index is 414. The molecule has 0 aliphatic carbocycles. The molecule has 1 N–H and O–H groups in total. The minimum Gasteiger partial charge on any atom is -0.356 e. The normalized spacial score (nSPS) is 20.6. The highest BCUT2D eigenvalue weighted by Gasteiger charge is 2.22. The van der Waals surface area contributed by atoms with Crippen molar-refractivity contribution in [1.29, 1.82) is 0 Å². The molecular weight excluding hydrogens is 222 g/mol. The molecule has 1 atom stereocenters. The van der Waals surface area contributed by atoms with E-state index >= 15 is 0 Å². The summed E-state index contributed by atoms with van der Waals surface area (Å²) in [7, 11) is 0. The van der Waals surface area contributed by atoms with Gasteiger partial charge in [-0.2, -0.15) is 0 Å². The van der Waals surface area contributed by atoms with Crippen LogP contribution in [0.3, 0.4) is 0 Å². The molecule has 0 saturated carbocycles. The Kier molecular flexibility index (Phi) is 3.74. The molecule has 1 aromatic carbocycles. The highest BCUT2D eigenvalue weighted by atomic mass is 16.1. The van der Waals surface area contributed by atoms with Gasteiger partial charge in [0.15, 0.2) is 0 Å². The SMILES string of the molecule is CC(C)(C)c1ccc(CC2CCCNC2=O)cc1. The van der Waals surface area contributed by atoms with E-state index < -0.39 is 0 Å². The van der Waals surface area contributed by atoms with E-state index in [1.165, 1.54) is 11.1 Å². The van der Waals surface area contributed by atoms with Gasteiger partial charge in [0, 0.05) is 12.5 Å². The summed E-state index contributed by atoms with van der Waals surface area (Å²) in [6, 6.07) is 8.72. The Hall–Kier alpha value is -1.31. The highest BCUT2D eigenvalue weighted by Crippen LogP contribution is 2.24. The van der Waals surface area contributed by atoms with Crippen LogP contribution in [0.1, 0.15) is 44.7 Å². The Morgan fingerprint density at radius 1 is 1.22 bits per heavy atom. The monoisotopic (exact) mass is 245 g/mol. The van der Waals surface area contributed by atoms with Crippen molar-refractivity contribution in [2.75, 3.05) is 6.54 Å². The van der Waals surface area contributed by atoms with Crippen LogP contribution in [0.5, 0.6) is 0 Å². The number of rotatable bonds is 2. The molecule has 1 heterocycles. The zero-order valence-electron chi connectivity index (χ0n) is 11.6. The van der Waals surface area contributed by atoms with Gasteiger partial charge in [0.05, 0.1) is 0 Å². The summed E-state index contributed by atoms with van der Waals surface area (Å²) in [4.78, 5) is 11.7. The van der Waals surface area contributed by atoms with Gasteiger partial charge >= 0.3 is 0 Å². The molecule has 98 valence electrons. The first kappa shape index (κ1) is 13.1. The smallest absolute Gasteiger partial charge is 0.223 e. The number of amides is 1. The van der Waals surface area contributed by atoms with Crippen molar-refractivity contribution in [2.24, 2.45) is 5.92 Å². The van der Waals surface area contributed by atoms with Crippen molar-refractivity contribution in [1.82, 2.24) is 5.32 Å². The van der Waals surface area contributed by atoms with Gasteiger partial charge in [-0.05, 0) is 35.8 Å². The second-order valence-electron chi connectivity index (χ2n) is 6.28. The average molecular weight is 245 g/mol. The molecule has 1 aliphatic heterocycles. The molecule has 1 unspecified atom stereocenters. The summed E-state index contributed by atoms with van der Waals surface area (Å²) in [6.07, 6.45) is 3.00. The topological polar surface area (TPSA) is 29.1 Å². The van der Waals surface area contributed by atoms with Crippen LogP contribution in [0.15, 0.2) is 24.3 Å². The lowest BCUT2D eigenvalue weighted by Crippen LogP contribution is -2.37. The first-order valence-electron chi connectivity index (χ1n) is 6.84. The quantitative estimate of drug-likeness (QED) is 0.852. The Morgan fingerprint density at radius 2 is 1.89 bits per heavy atom. The lowest BCUT2D eigenvalue weighted by Gasteiger charge is -2.23. The molecule has 0 aromatic heterocycles. The van der Waals surface area contributed by atoms with Crippen LogP contribution in [-0.2, 0) is 16.6 Å². The van der Waals surface area contributed by atoms with E-state index in [1.54, 1.807) is 0 Å². The second-order valence-corrected chi connectivity index (χ2v) is 6.28. The van der Waals surface area contributed by atoms with Crippen molar-refractivity contribution >= 4 is 5.91 Å². The summed E-state index contributed by atoms with van der Waals surface area (Å²) in [5.41, 5.74) is 2.81. The third kappa shape index (κ3) is 3.12. The molecule has 0 bridgehead atoms. The predicted octanol–water partition coefficient (Wildman–Crippen LogP) is 3.05. The van der Waals surface area contributed by atoms with Crippen LogP contribution in [0, 0.1) is 5.92 Å². The standard InChI is InChI=1S/C16H23NO/c1-16(2,3)14-8-6-12(7-9-14)11-13-5-4-10-17-15(13)18/h6-9,13H,4-5,10-11H2,1-3H3,(H,17,18). The zero-order valence-corrected chi connectivity index (χ0v) is 11.6. The van der Waals surface area contributed by atoms with Crippen LogP contribution in [-0.4, -0.2) is 12.5 Å². The van der Waals surface area contributed by atoms with E-state index in [-0.39, 0.29) is 17.2 Å². The summed E-state index contributed by atoms with van der Waals surface area (Å²) >= 11 is 0. The maximum Gasteiger partial charge on any atom is 0.223 e. The van der Waals surface area contributed by atoms with Gasteiger partial charge < -0.3 is 5.32 Å². The number of nitrogens with one attached hydrogen (secondary N) is 1. The van der Waals surface area contributed by atoms with E-state index in [9.17, 15) is 4.79 Å².